The quantitative estimate of drug-likeness (QED) is 0.671. The lowest BCUT2D eigenvalue weighted by Gasteiger charge is -2.37. The van der Waals surface area contributed by atoms with E-state index in [1.165, 1.54) is 18.2 Å². The molecule has 1 atom stereocenters. The molecule has 1 aliphatic heterocycles. The van der Waals surface area contributed by atoms with Crippen LogP contribution in [0.1, 0.15) is 24.2 Å². The van der Waals surface area contributed by atoms with E-state index in [4.69, 9.17) is 4.74 Å². The first kappa shape index (κ1) is 23.5. The second-order valence-corrected chi connectivity index (χ2v) is 7.33. The number of ether oxygens (including phenoxy) is 2. The Labute approximate surface area is 185 Å². The SMILES string of the molecule is CCOc1ccccc1NC(=O)[C@@H](C)N1CCN(C(=O)c2cccc(OC(F)F)c2)CC1. The first-order chi connectivity index (χ1) is 15.4. The predicted molar refractivity (Wildman–Crippen MR) is 116 cm³/mol. The van der Waals surface area contributed by atoms with Crippen molar-refractivity contribution in [3.63, 3.8) is 0 Å². The van der Waals surface area contributed by atoms with Crippen molar-refractivity contribution in [2.24, 2.45) is 0 Å². The summed E-state index contributed by atoms with van der Waals surface area (Å²) in [5, 5.41) is 2.91. The molecule has 1 N–H and O–H groups in total. The van der Waals surface area contributed by atoms with E-state index < -0.39 is 12.7 Å². The highest BCUT2D eigenvalue weighted by Gasteiger charge is 2.28. The van der Waals surface area contributed by atoms with Crippen LogP contribution < -0.4 is 14.8 Å². The van der Waals surface area contributed by atoms with Gasteiger partial charge in [-0.25, -0.2) is 0 Å². The molecule has 32 heavy (non-hydrogen) atoms. The number of nitrogens with one attached hydrogen (secondary N) is 1. The molecular formula is C23H27F2N3O4. The maximum absolute atomic E-state index is 12.8. The number of carbonyl (C=O) groups is 2. The molecule has 1 heterocycles. The summed E-state index contributed by atoms with van der Waals surface area (Å²) in [6, 6.07) is 12.6. The summed E-state index contributed by atoms with van der Waals surface area (Å²) in [5.41, 5.74) is 0.904. The third-order valence-electron chi connectivity index (χ3n) is 5.28. The van der Waals surface area contributed by atoms with Crippen LogP contribution in [-0.2, 0) is 4.79 Å². The number of carbonyl (C=O) groups excluding carboxylic acids is 2. The lowest BCUT2D eigenvalue weighted by atomic mass is 10.1. The third-order valence-corrected chi connectivity index (χ3v) is 5.28. The second kappa shape index (κ2) is 10.9. The summed E-state index contributed by atoms with van der Waals surface area (Å²) >= 11 is 0. The normalized spacial score (nSPS) is 15.3. The molecule has 9 heteroatoms. The molecule has 2 amide bonds. The molecule has 172 valence electrons. The lowest BCUT2D eigenvalue weighted by Crippen LogP contribution is -2.54. The van der Waals surface area contributed by atoms with E-state index in [9.17, 15) is 18.4 Å². The number of nitrogens with zero attached hydrogens (tertiary/aromatic N) is 2. The van der Waals surface area contributed by atoms with Crippen LogP contribution in [0.5, 0.6) is 11.5 Å². The predicted octanol–water partition coefficient (Wildman–Crippen LogP) is 3.47. The van der Waals surface area contributed by atoms with E-state index in [2.05, 4.69) is 10.1 Å². The Balaban J connectivity index is 1.56. The summed E-state index contributed by atoms with van der Waals surface area (Å²) < 4.78 is 34.8. The maximum atomic E-state index is 12.8. The summed E-state index contributed by atoms with van der Waals surface area (Å²) in [6.45, 7) is 3.12. The number of amides is 2. The maximum Gasteiger partial charge on any atom is 0.387 e. The fourth-order valence-electron chi connectivity index (χ4n) is 3.55. The van der Waals surface area contributed by atoms with Gasteiger partial charge in [0.1, 0.15) is 11.5 Å². The monoisotopic (exact) mass is 447 g/mol. The van der Waals surface area contributed by atoms with Crippen molar-refractivity contribution in [2.75, 3.05) is 38.1 Å². The Morgan fingerprint density at radius 2 is 1.78 bits per heavy atom. The zero-order chi connectivity index (χ0) is 23.1. The van der Waals surface area contributed by atoms with Crippen molar-refractivity contribution in [1.29, 1.82) is 0 Å². The van der Waals surface area contributed by atoms with Gasteiger partial charge in [-0.2, -0.15) is 8.78 Å². The number of benzene rings is 2. The Morgan fingerprint density at radius 3 is 2.47 bits per heavy atom. The van der Waals surface area contributed by atoms with Crippen LogP contribution in [0, 0.1) is 0 Å². The third kappa shape index (κ3) is 5.94. The largest absolute Gasteiger partial charge is 0.492 e. The molecule has 1 saturated heterocycles. The van der Waals surface area contributed by atoms with Crippen LogP contribution in [0.3, 0.4) is 0 Å². The van der Waals surface area contributed by atoms with Crippen molar-refractivity contribution < 1.29 is 27.8 Å². The molecule has 3 rings (SSSR count). The molecule has 0 aliphatic carbocycles. The van der Waals surface area contributed by atoms with Gasteiger partial charge in [-0.15, -0.1) is 0 Å². The number of anilines is 1. The lowest BCUT2D eigenvalue weighted by molar-refractivity contribution is -0.121. The fraction of sp³-hybridized carbons (Fsp3) is 0.391. The van der Waals surface area contributed by atoms with Crippen LogP contribution in [0.15, 0.2) is 48.5 Å². The van der Waals surface area contributed by atoms with Gasteiger partial charge in [0.15, 0.2) is 0 Å². The Hall–Kier alpha value is -3.20. The number of halogens is 2. The van der Waals surface area contributed by atoms with Gasteiger partial charge >= 0.3 is 6.61 Å². The Morgan fingerprint density at radius 1 is 1.06 bits per heavy atom. The molecule has 0 aromatic heterocycles. The smallest absolute Gasteiger partial charge is 0.387 e. The van der Waals surface area contributed by atoms with Crippen LogP contribution in [0.25, 0.3) is 0 Å². The van der Waals surface area contributed by atoms with E-state index in [0.717, 1.165) is 0 Å². The van der Waals surface area contributed by atoms with Gasteiger partial charge in [-0.3, -0.25) is 14.5 Å². The molecule has 1 fully saturated rings. The average Bonchev–Trinajstić information content (AvgIpc) is 2.79. The number of hydrogen-bond donors (Lipinski definition) is 1. The van der Waals surface area contributed by atoms with E-state index in [1.54, 1.807) is 23.1 Å². The number of piperazine rings is 1. The Bertz CT molecular complexity index is 933. The van der Waals surface area contributed by atoms with Crippen molar-refractivity contribution in [2.45, 2.75) is 26.5 Å². The van der Waals surface area contributed by atoms with Crippen molar-refractivity contribution in [1.82, 2.24) is 9.80 Å². The van der Waals surface area contributed by atoms with Crippen molar-refractivity contribution in [3.8, 4) is 11.5 Å². The molecular weight excluding hydrogens is 420 g/mol. The molecule has 0 unspecified atom stereocenters. The highest BCUT2D eigenvalue weighted by atomic mass is 19.3. The number of alkyl halides is 2. The summed E-state index contributed by atoms with van der Waals surface area (Å²) in [7, 11) is 0. The summed E-state index contributed by atoms with van der Waals surface area (Å²) in [4.78, 5) is 29.2. The van der Waals surface area contributed by atoms with Gasteiger partial charge in [0.05, 0.1) is 18.3 Å². The van der Waals surface area contributed by atoms with E-state index in [0.29, 0.717) is 44.2 Å². The minimum absolute atomic E-state index is 0.0536. The van der Waals surface area contributed by atoms with Gasteiger partial charge < -0.3 is 19.7 Å². The molecule has 0 bridgehead atoms. The van der Waals surface area contributed by atoms with Gasteiger partial charge in [-0.05, 0) is 44.2 Å². The minimum atomic E-state index is -2.95. The zero-order valence-electron chi connectivity index (χ0n) is 18.1. The molecule has 0 spiro atoms. The first-order valence-electron chi connectivity index (χ1n) is 10.5. The van der Waals surface area contributed by atoms with Gasteiger partial charge in [0.25, 0.3) is 5.91 Å². The highest BCUT2D eigenvalue weighted by molar-refractivity contribution is 5.96. The topological polar surface area (TPSA) is 71.1 Å². The number of para-hydroxylation sites is 2. The number of hydrogen-bond acceptors (Lipinski definition) is 5. The van der Waals surface area contributed by atoms with Crippen molar-refractivity contribution in [3.05, 3.63) is 54.1 Å². The van der Waals surface area contributed by atoms with E-state index in [-0.39, 0.29) is 23.1 Å². The molecule has 0 radical (unpaired) electrons. The van der Waals surface area contributed by atoms with Crippen LogP contribution in [-0.4, -0.2) is 67.1 Å². The fourth-order valence-corrected chi connectivity index (χ4v) is 3.55. The van der Waals surface area contributed by atoms with Crippen molar-refractivity contribution >= 4 is 17.5 Å². The minimum Gasteiger partial charge on any atom is -0.492 e. The second-order valence-electron chi connectivity index (χ2n) is 7.33. The van der Waals surface area contributed by atoms with Crippen LogP contribution >= 0.6 is 0 Å². The molecule has 2 aromatic rings. The van der Waals surface area contributed by atoms with Crippen LogP contribution in [0.4, 0.5) is 14.5 Å². The standard InChI is InChI=1S/C23H27F2N3O4/c1-3-31-20-10-5-4-9-19(20)26-21(29)16(2)27-11-13-28(14-12-27)22(30)17-7-6-8-18(15-17)32-23(24)25/h4-10,15-16,23H,3,11-14H2,1-2H3,(H,26,29)/t16-/m1/s1. The van der Waals surface area contributed by atoms with Gasteiger partial charge in [0.2, 0.25) is 5.91 Å². The van der Waals surface area contributed by atoms with E-state index >= 15 is 0 Å². The molecule has 2 aromatic carbocycles. The van der Waals surface area contributed by atoms with Gasteiger partial charge in [-0.1, -0.05) is 18.2 Å². The Kier molecular flexibility index (Phi) is 7.99. The summed E-state index contributed by atoms with van der Waals surface area (Å²) in [5.74, 6) is 0.145. The zero-order valence-corrected chi connectivity index (χ0v) is 18.1. The van der Waals surface area contributed by atoms with Gasteiger partial charge in [0, 0.05) is 31.7 Å². The highest BCUT2D eigenvalue weighted by Crippen LogP contribution is 2.24. The first-order valence-corrected chi connectivity index (χ1v) is 10.5. The summed E-state index contributed by atoms with van der Waals surface area (Å²) in [6.07, 6.45) is 0. The molecule has 1 aliphatic rings. The van der Waals surface area contributed by atoms with E-state index in [1.807, 2.05) is 30.9 Å². The average molecular weight is 447 g/mol. The molecule has 0 saturated carbocycles. The molecule has 7 nitrogen and oxygen atoms in total. The number of rotatable bonds is 8. The van der Waals surface area contributed by atoms with Crippen LogP contribution in [0.2, 0.25) is 0 Å².